The van der Waals surface area contributed by atoms with Crippen LogP contribution in [0.2, 0.25) is 0 Å². The van der Waals surface area contributed by atoms with Gasteiger partial charge in [-0.2, -0.15) is 0 Å². The van der Waals surface area contributed by atoms with Gasteiger partial charge < -0.3 is 4.74 Å². The van der Waals surface area contributed by atoms with Crippen LogP contribution in [0.15, 0.2) is 46.9 Å². The molecular formula is C15H13BrO2. The average Bonchev–Trinajstić information content (AvgIpc) is 2.27. The summed E-state index contributed by atoms with van der Waals surface area (Å²) in [6.07, 6.45) is 0. The van der Waals surface area contributed by atoms with Gasteiger partial charge in [-0.1, -0.05) is 28.1 Å². The lowest BCUT2D eigenvalue weighted by Crippen LogP contribution is -2.08. The molecule has 0 saturated carbocycles. The van der Waals surface area contributed by atoms with Crippen molar-refractivity contribution < 1.29 is 9.53 Å². The number of benzene rings is 2. The first-order valence-corrected chi connectivity index (χ1v) is 6.40. The molecule has 0 aromatic heterocycles. The molecule has 0 atom stereocenters. The minimum atomic E-state index is -0.346. The van der Waals surface area contributed by atoms with Crippen molar-refractivity contribution in [3.8, 4) is 5.75 Å². The van der Waals surface area contributed by atoms with Crippen molar-refractivity contribution in [3.63, 3.8) is 0 Å². The number of ether oxygens (including phenoxy) is 1. The Hall–Kier alpha value is -1.61. The quantitative estimate of drug-likeness (QED) is 0.611. The van der Waals surface area contributed by atoms with E-state index >= 15 is 0 Å². The molecule has 0 bridgehead atoms. The van der Waals surface area contributed by atoms with Gasteiger partial charge in [0.1, 0.15) is 5.75 Å². The third-order valence-corrected chi connectivity index (χ3v) is 2.96. The minimum Gasteiger partial charge on any atom is -0.423 e. The molecule has 2 rings (SSSR count). The van der Waals surface area contributed by atoms with Gasteiger partial charge in [0.25, 0.3) is 0 Å². The molecule has 0 unspecified atom stereocenters. The zero-order valence-electron chi connectivity index (χ0n) is 10.2. The van der Waals surface area contributed by atoms with E-state index in [-0.39, 0.29) is 5.97 Å². The molecule has 0 aliphatic heterocycles. The van der Waals surface area contributed by atoms with E-state index in [1.807, 2.05) is 44.2 Å². The summed E-state index contributed by atoms with van der Waals surface area (Å²) in [5, 5.41) is 0. The summed E-state index contributed by atoms with van der Waals surface area (Å²) in [5.74, 6) is 0.235. The van der Waals surface area contributed by atoms with Crippen LogP contribution in [0.5, 0.6) is 5.75 Å². The van der Waals surface area contributed by atoms with Crippen LogP contribution < -0.4 is 4.74 Å². The second kappa shape index (κ2) is 5.36. The zero-order valence-corrected chi connectivity index (χ0v) is 11.8. The van der Waals surface area contributed by atoms with Crippen molar-refractivity contribution in [3.05, 3.63) is 63.6 Å². The van der Waals surface area contributed by atoms with Crippen LogP contribution in [0.1, 0.15) is 21.5 Å². The maximum Gasteiger partial charge on any atom is 0.343 e. The fraction of sp³-hybridized carbons (Fsp3) is 0.133. The van der Waals surface area contributed by atoms with Crippen molar-refractivity contribution in [2.75, 3.05) is 0 Å². The first-order chi connectivity index (χ1) is 8.54. The standard InChI is InChI=1S/C15H13BrO2/c1-10-6-11(2)8-14(7-10)18-15(17)12-4-3-5-13(16)9-12/h3-9H,1-2H3. The van der Waals surface area contributed by atoms with Gasteiger partial charge in [-0.15, -0.1) is 0 Å². The molecule has 0 saturated heterocycles. The molecule has 0 aliphatic rings. The molecule has 92 valence electrons. The van der Waals surface area contributed by atoms with E-state index in [1.165, 1.54) is 0 Å². The van der Waals surface area contributed by atoms with E-state index in [4.69, 9.17) is 4.74 Å². The molecule has 0 heterocycles. The summed E-state index contributed by atoms with van der Waals surface area (Å²) in [5.41, 5.74) is 2.68. The number of carbonyl (C=O) groups excluding carboxylic acids is 1. The maximum absolute atomic E-state index is 11.9. The highest BCUT2D eigenvalue weighted by molar-refractivity contribution is 9.10. The second-order valence-electron chi connectivity index (χ2n) is 4.22. The molecule has 2 aromatic rings. The lowest BCUT2D eigenvalue weighted by Gasteiger charge is -2.06. The lowest BCUT2D eigenvalue weighted by atomic mass is 10.1. The SMILES string of the molecule is Cc1cc(C)cc(OC(=O)c2cccc(Br)c2)c1. The number of carbonyl (C=O) groups is 1. The maximum atomic E-state index is 11.9. The second-order valence-corrected chi connectivity index (χ2v) is 5.14. The molecule has 0 fully saturated rings. The Kier molecular flexibility index (Phi) is 3.82. The van der Waals surface area contributed by atoms with Crippen molar-refractivity contribution in [1.82, 2.24) is 0 Å². The monoisotopic (exact) mass is 304 g/mol. The summed E-state index contributed by atoms with van der Waals surface area (Å²) in [6.45, 7) is 3.95. The van der Waals surface area contributed by atoms with Gasteiger partial charge in [-0.25, -0.2) is 4.79 Å². The fourth-order valence-corrected chi connectivity index (χ4v) is 2.17. The van der Waals surface area contributed by atoms with Crippen LogP contribution in [0, 0.1) is 13.8 Å². The van der Waals surface area contributed by atoms with E-state index in [9.17, 15) is 4.79 Å². The van der Waals surface area contributed by atoms with E-state index in [0.717, 1.165) is 15.6 Å². The fourth-order valence-electron chi connectivity index (χ4n) is 1.77. The molecule has 2 nitrogen and oxygen atoms in total. The molecule has 0 radical (unpaired) electrons. The first-order valence-electron chi connectivity index (χ1n) is 5.60. The van der Waals surface area contributed by atoms with Crippen molar-refractivity contribution in [1.29, 1.82) is 0 Å². The Morgan fingerprint density at radius 1 is 1.06 bits per heavy atom. The highest BCUT2D eigenvalue weighted by Gasteiger charge is 2.09. The number of hydrogen-bond donors (Lipinski definition) is 0. The largest absolute Gasteiger partial charge is 0.423 e. The highest BCUT2D eigenvalue weighted by atomic mass is 79.9. The van der Waals surface area contributed by atoms with Crippen LogP contribution in [-0.4, -0.2) is 5.97 Å². The Morgan fingerprint density at radius 2 is 1.72 bits per heavy atom. The number of hydrogen-bond acceptors (Lipinski definition) is 2. The van der Waals surface area contributed by atoms with E-state index < -0.39 is 0 Å². The minimum absolute atomic E-state index is 0.346. The van der Waals surface area contributed by atoms with Gasteiger partial charge in [0.05, 0.1) is 5.56 Å². The number of esters is 1. The van der Waals surface area contributed by atoms with Crippen LogP contribution in [0.3, 0.4) is 0 Å². The van der Waals surface area contributed by atoms with Gasteiger partial charge in [0.15, 0.2) is 0 Å². The van der Waals surface area contributed by atoms with Gasteiger partial charge in [-0.05, 0) is 55.3 Å². The Bertz CT molecular complexity index is 571. The summed E-state index contributed by atoms with van der Waals surface area (Å²) >= 11 is 3.33. The molecule has 0 aliphatic carbocycles. The smallest absolute Gasteiger partial charge is 0.343 e. The van der Waals surface area contributed by atoms with E-state index in [0.29, 0.717) is 11.3 Å². The third kappa shape index (κ3) is 3.20. The van der Waals surface area contributed by atoms with Gasteiger partial charge in [0.2, 0.25) is 0 Å². The van der Waals surface area contributed by atoms with Gasteiger partial charge >= 0.3 is 5.97 Å². The van der Waals surface area contributed by atoms with Crippen LogP contribution in [-0.2, 0) is 0 Å². The topological polar surface area (TPSA) is 26.3 Å². The van der Waals surface area contributed by atoms with Crippen LogP contribution in [0.25, 0.3) is 0 Å². The van der Waals surface area contributed by atoms with Crippen LogP contribution in [0.4, 0.5) is 0 Å². The highest BCUT2D eigenvalue weighted by Crippen LogP contribution is 2.19. The molecular weight excluding hydrogens is 292 g/mol. The number of aryl methyl sites for hydroxylation is 2. The average molecular weight is 305 g/mol. The summed E-state index contributed by atoms with van der Waals surface area (Å²) in [6, 6.07) is 12.9. The molecule has 2 aromatic carbocycles. The lowest BCUT2D eigenvalue weighted by molar-refractivity contribution is 0.0734. The summed E-state index contributed by atoms with van der Waals surface area (Å²) in [4.78, 5) is 11.9. The first kappa shape index (κ1) is 12.8. The third-order valence-electron chi connectivity index (χ3n) is 2.47. The van der Waals surface area contributed by atoms with Crippen molar-refractivity contribution >= 4 is 21.9 Å². The Labute approximate surface area is 115 Å². The predicted molar refractivity (Wildman–Crippen MR) is 75.0 cm³/mol. The number of halogens is 1. The van der Waals surface area contributed by atoms with Crippen LogP contribution >= 0.6 is 15.9 Å². The molecule has 0 amide bonds. The molecule has 3 heteroatoms. The Morgan fingerprint density at radius 3 is 2.33 bits per heavy atom. The zero-order chi connectivity index (χ0) is 13.1. The summed E-state index contributed by atoms with van der Waals surface area (Å²) < 4.78 is 6.22. The predicted octanol–water partition coefficient (Wildman–Crippen LogP) is 4.29. The molecule has 0 N–H and O–H groups in total. The number of rotatable bonds is 2. The molecule has 0 spiro atoms. The van der Waals surface area contributed by atoms with Gasteiger partial charge in [0, 0.05) is 4.47 Å². The normalized spacial score (nSPS) is 10.2. The summed E-state index contributed by atoms with van der Waals surface area (Å²) in [7, 11) is 0. The van der Waals surface area contributed by atoms with E-state index in [1.54, 1.807) is 12.1 Å². The van der Waals surface area contributed by atoms with Crippen molar-refractivity contribution in [2.45, 2.75) is 13.8 Å². The van der Waals surface area contributed by atoms with Crippen molar-refractivity contribution in [2.24, 2.45) is 0 Å². The van der Waals surface area contributed by atoms with E-state index in [2.05, 4.69) is 15.9 Å². The van der Waals surface area contributed by atoms with Gasteiger partial charge in [-0.3, -0.25) is 0 Å². The molecule has 18 heavy (non-hydrogen) atoms. The Balaban J connectivity index is 2.21.